The molecule has 0 radical (unpaired) electrons. The van der Waals surface area contributed by atoms with E-state index in [1.54, 1.807) is 27.5 Å². The van der Waals surface area contributed by atoms with Crippen LogP contribution in [-0.2, 0) is 0 Å². The Morgan fingerprint density at radius 1 is 1.03 bits per heavy atom. The number of imidazole rings is 1. The van der Waals surface area contributed by atoms with Gasteiger partial charge in [-0.3, -0.25) is 18.5 Å². The first-order valence-electron chi connectivity index (χ1n) is 11.7. The number of anilines is 1. The first-order chi connectivity index (χ1) is 17.1. The van der Waals surface area contributed by atoms with Gasteiger partial charge in [-0.15, -0.1) is 0 Å². The van der Waals surface area contributed by atoms with Gasteiger partial charge in [0.05, 0.1) is 23.9 Å². The third-order valence-electron chi connectivity index (χ3n) is 6.68. The highest BCUT2D eigenvalue weighted by atomic mass is 16.5. The van der Waals surface area contributed by atoms with Crippen LogP contribution in [0.5, 0.6) is 5.75 Å². The van der Waals surface area contributed by atoms with Crippen molar-refractivity contribution in [3.05, 3.63) is 81.9 Å². The summed E-state index contributed by atoms with van der Waals surface area (Å²) in [7, 11) is 0. The van der Waals surface area contributed by atoms with Gasteiger partial charge in [-0.05, 0) is 56.5 Å². The van der Waals surface area contributed by atoms with E-state index < -0.39 is 0 Å². The SMILES string of the molecule is CCOc1cn(-c2ccccc2)c(=O)c2cc(-n3c(=O)n(C4CCC4)c4ncnc(N)c43)ccc12. The number of nitrogens with zero attached hydrogens (tertiary/aromatic N) is 5. The minimum absolute atomic E-state index is 0.0841. The minimum atomic E-state index is -0.236. The zero-order valence-corrected chi connectivity index (χ0v) is 19.2. The maximum Gasteiger partial charge on any atom is 0.335 e. The molecule has 0 saturated heterocycles. The molecule has 0 atom stereocenters. The first kappa shape index (κ1) is 21.2. The predicted octanol–water partition coefficient (Wildman–Crippen LogP) is 3.59. The smallest absolute Gasteiger partial charge is 0.335 e. The molecule has 0 spiro atoms. The molecule has 176 valence electrons. The van der Waals surface area contributed by atoms with Gasteiger partial charge < -0.3 is 10.5 Å². The second-order valence-electron chi connectivity index (χ2n) is 8.67. The molecule has 1 aliphatic carbocycles. The lowest BCUT2D eigenvalue weighted by Crippen LogP contribution is -2.30. The standard InChI is InChI=1S/C26H24N6O3/c1-2-35-21-14-30(16-7-4-3-5-8-16)25(33)20-13-18(11-12-19(20)21)31-22-23(27)28-15-29-24(22)32(26(31)34)17-9-6-10-17/h3-5,7-8,11-15,17H,2,6,9-10H2,1H3,(H2,27,28,29). The molecule has 35 heavy (non-hydrogen) atoms. The Hall–Kier alpha value is -4.40. The van der Waals surface area contributed by atoms with Crippen molar-refractivity contribution in [3.63, 3.8) is 0 Å². The van der Waals surface area contributed by atoms with Crippen LogP contribution in [0, 0.1) is 0 Å². The lowest BCUT2D eigenvalue weighted by Gasteiger charge is -2.26. The summed E-state index contributed by atoms with van der Waals surface area (Å²) in [6.45, 7) is 2.35. The summed E-state index contributed by atoms with van der Waals surface area (Å²) in [5, 5.41) is 1.11. The van der Waals surface area contributed by atoms with E-state index >= 15 is 0 Å². The molecule has 2 N–H and O–H groups in total. The molecule has 1 aliphatic rings. The molecule has 0 unspecified atom stereocenters. The molecule has 0 bridgehead atoms. The second-order valence-corrected chi connectivity index (χ2v) is 8.67. The predicted molar refractivity (Wildman–Crippen MR) is 135 cm³/mol. The number of rotatable bonds is 5. The summed E-state index contributed by atoms with van der Waals surface area (Å²) in [4.78, 5) is 35.8. The summed E-state index contributed by atoms with van der Waals surface area (Å²) < 4.78 is 10.7. The Bertz CT molecular complexity index is 1700. The van der Waals surface area contributed by atoms with Gasteiger partial charge in [0.2, 0.25) is 0 Å². The molecule has 0 aliphatic heterocycles. The highest BCUT2D eigenvalue weighted by Crippen LogP contribution is 2.34. The van der Waals surface area contributed by atoms with E-state index in [1.165, 1.54) is 10.9 Å². The van der Waals surface area contributed by atoms with Gasteiger partial charge in [0.25, 0.3) is 5.56 Å². The van der Waals surface area contributed by atoms with Crippen molar-refractivity contribution >= 4 is 27.8 Å². The number of ether oxygens (including phenoxy) is 1. The average Bonchev–Trinajstić information content (AvgIpc) is 3.13. The zero-order valence-electron chi connectivity index (χ0n) is 19.2. The van der Waals surface area contributed by atoms with Crippen LogP contribution in [0.25, 0.3) is 33.3 Å². The highest BCUT2D eigenvalue weighted by Gasteiger charge is 2.28. The van der Waals surface area contributed by atoms with E-state index in [2.05, 4.69) is 9.97 Å². The maximum atomic E-state index is 13.6. The van der Waals surface area contributed by atoms with Crippen molar-refractivity contribution in [3.8, 4) is 17.1 Å². The van der Waals surface area contributed by atoms with Gasteiger partial charge in [0, 0.05) is 17.1 Å². The topological polar surface area (TPSA) is 110 Å². The summed E-state index contributed by atoms with van der Waals surface area (Å²) in [5.74, 6) is 0.805. The van der Waals surface area contributed by atoms with Crippen LogP contribution in [0.15, 0.2) is 70.6 Å². The van der Waals surface area contributed by atoms with Crippen LogP contribution in [0.3, 0.4) is 0 Å². The monoisotopic (exact) mass is 468 g/mol. The third kappa shape index (κ3) is 3.23. The van der Waals surface area contributed by atoms with Crippen LogP contribution in [0.4, 0.5) is 5.82 Å². The highest BCUT2D eigenvalue weighted by molar-refractivity contribution is 5.91. The molecule has 9 heteroatoms. The number of nitrogen functional groups attached to an aromatic ring is 1. The van der Waals surface area contributed by atoms with E-state index in [9.17, 15) is 9.59 Å². The number of benzene rings is 2. The number of pyridine rings is 1. The Labute approximate surface area is 200 Å². The number of fused-ring (bicyclic) bond motifs is 2. The lowest BCUT2D eigenvalue weighted by atomic mass is 9.93. The van der Waals surface area contributed by atoms with Gasteiger partial charge in [-0.1, -0.05) is 18.2 Å². The fourth-order valence-corrected chi connectivity index (χ4v) is 4.77. The second kappa shape index (κ2) is 8.12. The molecule has 3 heterocycles. The molecule has 5 aromatic rings. The molecular formula is C26H24N6O3. The molecule has 1 fully saturated rings. The van der Waals surface area contributed by atoms with Gasteiger partial charge in [0.1, 0.15) is 17.6 Å². The van der Waals surface area contributed by atoms with E-state index in [0.29, 0.717) is 40.0 Å². The number of para-hydroxylation sites is 1. The van der Waals surface area contributed by atoms with Crippen molar-refractivity contribution in [1.29, 1.82) is 0 Å². The Kier molecular flexibility index (Phi) is 4.91. The van der Waals surface area contributed by atoms with Crippen LogP contribution >= 0.6 is 0 Å². The Morgan fingerprint density at radius 2 is 1.83 bits per heavy atom. The minimum Gasteiger partial charge on any atom is -0.492 e. The van der Waals surface area contributed by atoms with Crippen molar-refractivity contribution in [1.82, 2.24) is 23.7 Å². The zero-order chi connectivity index (χ0) is 24.1. The quantitative estimate of drug-likeness (QED) is 0.422. The molecule has 9 nitrogen and oxygen atoms in total. The Balaban J connectivity index is 1.65. The molecule has 1 saturated carbocycles. The first-order valence-corrected chi connectivity index (χ1v) is 11.7. The van der Waals surface area contributed by atoms with Crippen LogP contribution in [0.2, 0.25) is 0 Å². The van der Waals surface area contributed by atoms with Crippen molar-refractivity contribution in [2.75, 3.05) is 12.3 Å². The van der Waals surface area contributed by atoms with E-state index in [1.807, 2.05) is 43.3 Å². The summed E-state index contributed by atoms with van der Waals surface area (Å²) in [6, 6.07) is 14.8. The lowest BCUT2D eigenvalue weighted by molar-refractivity contribution is 0.311. The van der Waals surface area contributed by atoms with Crippen LogP contribution < -0.4 is 21.7 Å². The largest absolute Gasteiger partial charge is 0.492 e. The van der Waals surface area contributed by atoms with E-state index in [-0.39, 0.29) is 23.1 Å². The average molecular weight is 469 g/mol. The fraction of sp³-hybridized carbons (Fsp3) is 0.231. The number of hydrogen-bond donors (Lipinski definition) is 1. The van der Waals surface area contributed by atoms with Crippen LogP contribution in [-0.4, -0.2) is 30.3 Å². The molecule has 6 rings (SSSR count). The third-order valence-corrected chi connectivity index (χ3v) is 6.68. The molecule has 2 aromatic carbocycles. The normalized spacial score (nSPS) is 13.9. The molecule has 0 amide bonds. The van der Waals surface area contributed by atoms with Gasteiger partial charge in [-0.25, -0.2) is 14.8 Å². The fourth-order valence-electron chi connectivity index (χ4n) is 4.77. The van der Waals surface area contributed by atoms with Crippen molar-refractivity contribution < 1.29 is 4.74 Å². The van der Waals surface area contributed by atoms with Crippen molar-refractivity contribution in [2.24, 2.45) is 0 Å². The summed E-state index contributed by atoms with van der Waals surface area (Å²) in [6.07, 6.45) is 5.99. The molecular weight excluding hydrogens is 444 g/mol. The Morgan fingerprint density at radius 3 is 2.54 bits per heavy atom. The number of nitrogens with two attached hydrogens (primary N) is 1. The van der Waals surface area contributed by atoms with Gasteiger partial charge in [0.15, 0.2) is 11.5 Å². The van der Waals surface area contributed by atoms with Crippen molar-refractivity contribution in [2.45, 2.75) is 32.2 Å². The summed E-state index contributed by atoms with van der Waals surface area (Å²) in [5.41, 5.74) is 8.00. The number of aromatic nitrogens is 5. The van der Waals surface area contributed by atoms with Gasteiger partial charge >= 0.3 is 5.69 Å². The molecule has 3 aromatic heterocycles. The van der Waals surface area contributed by atoms with Crippen LogP contribution in [0.1, 0.15) is 32.2 Å². The summed E-state index contributed by atoms with van der Waals surface area (Å²) >= 11 is 0. The van der Waals surface area contributed by atoms with Gasteiger partial charge in [-0.2, -0.15) is 0 Å². The number of hydrogen-bond acceptors (Lipinski definition) is 6. The van der Waals surface area contributed by atoms with E-state index in [4.69, 9.17) is 10.5 Å². The van der Waals surface area contributed by atoms with E-state index in [0.717, 1.165) is 24.9 Å². The maximum absolute atomic E-state index is 13.6.